The fourth-order valence-electron chi connectivity index (χ4n) is 1.51. The number of aromatic hydroxyl groups is 1. The number of nitrogens with zero attached hydrogens (tertiary/aromatic N) is 2. The van der Waals surface area contributed by atoms with Crippen LogP contribution in [0.1, 0.15) is 31.4 Å². The van der Waals surface area contributed by atoms with Crippen molar-refractivity contribution in [3.63, 3.8) is 0 Å². The molecular formula is C12H18N2O3. The third-order valence-electron chi connectivity index (χ3n) is 2.55. The van der Waals surface area contributed by atoms with Gasteiger partial charge in [0, 0.05) is 6.54 Å². The summed E-state index contributed by atoms with van der Waals surface area (Å²) in [5.74, 6) is 0.150. The average Bonchev–Trinajstić information content (AvgIpc) is 2.35. The highest BCUT2D eigenvalue weighted by atomic mass is 16.3. The standard InChI is InChI=1S/C12H18N2O3/c1-2-3-8-14(13-17)9-12(16)10-4-6-11(15)7-5-10/h4-7,12,15-16H,2-3,8-9H2,1H3. The molecule has 5 nitrogen and oxygen atoms in total. The van der Waals surface area contributed by atoms with Gasteiger partial charge in [0.25, 0.3) is 0 Å². The number of aliphatic hydroxyl groups is 1. The first kappa shape index (κ1) is 13.4. The summed E-state index contributed by atoms with van der Waals surface area (Å²) >= 11 is 0. The maximum atomic E-state index is 10.6. The molecule has 0 fully saturated rings. The minimum absolute atomic E-state index is 0.150. The summed E-state index contributed by atoms with van der Waals surface area (Å²) in [5.41, 5.74) is 0.660. The first-order chi connectivity index (χ1) is 8.17. The lowest BCUT2D eigenvalue weighted by molar-refractivity contribution is 0.113. The minimum atomic E-state index is -0.773. The molecule has 1 aromatic carbocycles. The van der Waals surface area contributed by atoms with Crippen LogP contribution in [0.3, 0.4) is 0 Å². The summed E-state index contributed by atoms with van der Waals surface area (Å²) in [5, 5.41) is 23.2. The van der Waals surface area contributed by atoms with Gasteiger partial charge < -0.3 is 10.2 Å². The Morgan fingerprint density at radius 3 is 2.53 bits per heavy atom. The summed E-state index contributed by atoms with van der Waals surface area (Å²) in [7, 11) is 0. The van der Waals surface area contributed by atoms with Gasteiger partial charge in [0.2, 0.25) is 0 Å². The molecule has 0 bridgehead atoms. The number of hydrogen-bond acceptors (Lipinski definition) is 4. The van der Waals surface area contributed by atoms with Crippen molar-refractivity contribution in [2.75, 3.05) is 13.1 Å². The summed E-state index contributed by atoms with van der Waals surface area (Å²) in [4.78, 5) is 10.6. The van der Waals surface area contributed by atoms with Crippen LogP contribution < -0.4 is 0 Å². The Bertz CT molecular complexity index is 340. The van der Waals surface area contributed by atoms with Gasteiger partial charge >= 0.3 is 0 Å². The normalized spacial score (nSPS) is 12.1. The number of unbranched alkanes of at least 4 members (excludes halogenated alkanes) is 1. The van der Waals surface area contributed by atoms with E-state index in [9.17, 15) is 10.0 Å². The fraction of sp³-hybridized carbons (Fsp3) is 0.500. The summed E-state index contributed by atoms with van der Waals surface area (Å²) in [6.07, 6.45) is 1.07. The van der Waals surface area contributed by atoms with Crippen LogP contribution in [0.15, 0.2) is 29.6 Å². The second-order valence-corrected chi connectivity index (χ2v) is 3.96. The predicted molar refractivity (Wildman–Crippen MR) is 65.3 cm³/mol. The van der Waals surface area contributed by atoms with Crippen LogP contribution in [0.2, 0.25) is 0 Å². The smallest absolute Gasteiger partial charge is 0.115 e. The van der Waals surface area contributed by atoms with Crippen molar-refractivity contribution >= 4 is 0 Å². The number of phenolic OH excluding ortho intramolecular Hbond substituents is 1. The Hall–Kier alpha value is -1.62. The van der Waals surface area contributed by atoms with Crippen molar-refractivity contribution < 1.29 is 10.2 Å². The minimum Gasteiger partial charge on any atom is -0.508 e. The molecule has 0 radical (unpaired) electrons. The molecule has 0 aromatic heterocycles. The van der Waals surface area contributed by atoms with Crippen LogP contribution in [0.5, 0.6) is 5.75 Å². The van der Waals surface area contributed by atoms with Crippen molar-refractivity contribution in [1.29, 1.82) is 0 Å². The van der Waals surface area contributed by atoms with Gasteiger partial charge in [-0.1, -0.05) is 25.5 Å². The summed E-state index contributed by atoms with van der Waals surface area (Å²) in [6, 6.07) is 6.26. The van der Waals surface area contributed by atoms with Crippen molar-refractivity contribution in [3.05, 3.63) is 34.7 Å². The van der Waals surface area contributed by atoms with Crippen molar-refractivity contribution in [2.24, 2.45) is 5.29 Å². The highest BCUT2D eigenvalue weighted by Gasteiger charge is 2.12. The topological polar surface area (TPSA) is 73.1 Å². The Morgan fingerprint density at radius 1 is 1.35 bits per heavy atom. The zero-order valence-corrected chi connectivity index (χ0v) is 9.91. The molecule has 0 saturated heterocycles. The second-order valence-electron chi connectivity index (χ2n) is 3.96. The lowest BCUT2D eigenvalue weighted by atomic mass is 10.1. The van der Waals surface area contributed by atoms with E-state index in [-0.39, 0.29) is 12.3 Å². The molecule has 0 aliphatic heterocycles. The average molecular weight is 238 g/mol. The van der Waals surface area contributed by atoms with E-state index in [0.29, 0.717) is 12.1 Å². The number of phenols is 1. The van der Waals surface area contributed by atoms with E-state index in [1.165, 1.54) is 17.1 Å². The Balaban J connectivity index is 2.54. The largest absolute Gasteiger partial charge is 0.508 e. The number of hydrogen-bond donors (Lipinski definition) is 2. The SMILES string of the molecule is CCCCN(CC(O)c1ccc(O)cc1)N=O. The first-order valence-corrected chi connectivity index (χ1v) is 5.72. The van der Waals surface area contributed by atoms with Gasteiger partial charge in [-0.15, -0.1) is 4.91 Å². The zero-order valence-electron chi connectivity index (χ0n) is 9.91. The molecule has 2 N–H and O–H groups in total. The zero-order chi connectivity index (χ0) is 12.7. The Morgan fingerprint density at radius 2 is 2.00 bits per heavy atom. The van der Waals surface area contributed by atoms with Gasteiger partial charge in [0.15, 0.2) is 0 Å². The first-order valence-electron chi connectivity index (χ1n) is 5.72. The fourth-order valence-corrected chi connectivity index (χ4v) is 1.51. The molecule has 1 rings (SSSR count). The van der Waals surface area contributed by atoms with Gasteiger partial charge in [0.05, 0.1) is 17.9 Å². The molecule has 1 atom stereocenters. The van der Waals surface area contributed by atoms with E-state index in [2.05, 4.69) is 5.29 Å². The van der Waals surface area contributed by atoms with Crippen LogP contribution in [0.25, 0.3) is 0 Å². The molecule has 0 spiro atoms. The quantitative estimate of drug-likeness (QED) is 0.564. The van der Waals surface area contributed by atoms with E-state index in [1.807, 2.05) is 6.92 Å². The molecule has 0 heterocycles. The lowest BCUT2D eigenvalue weighted by Crippen LogP contribution is -2.24. The highest BCUT2D eigenvalue weighted by molar-refractivity contribution is 5.27. The van der Waals surface area contributed by atoms with E-state index < -0.39 is 6.10 Å². The molecule has 0 saturated carbocycles. The molecule has 0 amide bonds. The van der Waals surface area contributed by atoms with Gasteiger partial charge in [-0.25, -0.2) is 0 Å². The summed E-state index contributed by atoms with van der Waals surface area (Å²) < 4.78 is 0. The van der Waals surface area contributed by atoms with Gasteiger partial charge in [-0.3, -0.25) is 5.01 Å². The van der Waals surface area contributed by atoms with Crippen LogP contribution in [-0.4, -0.2) is 28.3 Å². The number of aliphatic hydroxyl groups excluding tert-OH is 1. The Labute approximate surface area is 101 Å². The maximum absolute atomic E-state index is 10.6. The Kier molecular flexibility index (Phi) is 5.42. The third-order valence-corrected chi connectivity index (χ3v) is 2.55. The molecule has 94 valence electrons. The van der Waals surface area contributed by atoms with Crippen LogP contribution in [0.4, 0.5) is 0 Å². The van der Waals surface area contributed by atoms with Crippen molar-refractivity contribution in [3.8, 4) is 5.75 Å². The van der Waals surface area contributed by atoms with Crippen LogP contribution in [-0.2, 0) is 0 Å². The van der Waals surface area contributed by atoms with Crippen LogP contribution in [0, 0.1) is 4.91 Å². The van der Waals surface area contributed by atoms with E-state index in [0.717, 1.165) is 12.8 Å². The molecule has 1 unspecified atom stereocenters. The van der Waals surface area contributed by atoms with Gasteiger partial charge in [0.1, 0.15) is 5.75 Å². The van der Waals surface area contributed by atoms with Crippen LogP contribution >= 0.6 is 0 Å². The third kappa shape index (κ3) is 4.40. The number of rotatable bonds is 7. The second kappa shape index (κ2) is 6.85. The molecule has 0 aliphatic rings. The monoisotopic (exact) mass is 238 g/mol. The van der Waals surface area contributed by atoms with Crippen molar-refractivity contribution in [1.82, 2.24) is 5.01 Å². The van der Waals surface area contributed by atoms with Gasteiger partial charge in [-0.05, 0) is 24.1 Å². The molecule has 0 aliphatic carbocycles. The lowest BCUT2D eigenvalue weighted by Gasteiger charge is -2.19. The molecule has 17 heavy (non-hydrogen) atoms. The van der Waals surface area contributed by atoms with E-state index in [4.69, 9.17) is 5.11 Å². The predicted octanol–water partition coefficient (Wildman–Crippen LogP) is 2.21. The van der Waals surface area contributed by atoms with Crippen molar-refractivity contribution in [2.45, 2.75) is 25.9 Å². The highest BCUT2D eigenvalue weighted by Crippen LogP contribution is 2.18. The molecular weight excluding hydrogens is 220 g/mol. The van der Waals surface area contributed by atoms with Gasteiger partial charge in [-0.2, -0.15) is 0 Å². The molecule has 5 heteroatoms. The summed E-state index contributed by atoms with van der Waals surface area (Å²) in [6.45, 7) is 2.75. The molecule has 1 aromatic rings. The van der Waals surface area contributed by atoms with E-state index in [1.54, 1.807) is 12.1 Å². The maximum Gasteiger partial charge on any atom is 0.115 e. The number of nitroso groups, excluding NO2 is 1. The van der Waals surface area contributed by atoms with E-state index >= 15 is 0 Å². The number of benzene rings is 1.